The third kappa shape index (κ3) is 5.77. The summed E-state index contributed by atoms with van der Waals surface area (Å²) in [4.78, 5) is 41.6. The molecule has 4 rings (SSSR count). The van der Waals surface area contributed by atoms with Crippen molar-refractivity contribution >= 4 is 40.7 Å². The predicted octanol–water partition coefficient (Wildman–Crippen LogP) is 4.25. The van der Waals surface area contributed by atoms with E-state index in [1.54, 1.807) is 36.4 Å². The van der Waals surface area contributed by atoms with Crippen LogP contribution >= 0.6 is 11.6 Å². The minimum absolute atomic E-state index is 0.00921. The lowest BCUT2D eigenvalue weighted by atomic mass is 9.94. The van der Waals surface area contributed by atoms with Crippen molar-refractivity contribution in [1.29, 1.82) is 0 Å². The Morgan fingerprint density at radius 1 is 0.882 bits per heavy atom. The topological polar surface area (TPSA) is 81.8 Å². The van der Waals surface area contributed by atoms with Crippen LogP contribution in [0.15, 0.2) is 48.5 Å². The maximum atomic E-state index is 13.4. The maximum Gasteiger partial charge on any atom is 0.255 e. The summed E-state index contributed by atoms with van der Waals surface area (Å²) in [5, 5.41) is 6.27. The smallest absolute Gasteiger partial charge is 0.255 e. The zero-order valence-corrected chi connectivity index (χ0v) is 20.2. The highest BCUT2D eigenvalue weighted by molar-refractivity contribution is 6.33. The van der Waals surface area contributed by atoms with Gasteiger partial charge in [-0.25, -0.2) is 0 Å². The molecule has 1 saturated heterocycles. The Morgan fingerprint density at radius 2 is 1.47 bits per heavy atom. The first-order chi connectivity index (χ1) is 16.4. The van der Waals surface area contributed by atoms with E-state index in [0.29, 0.717) is 54.1 Å². The number of hydrogen-bond donors (Lipinski definition) is 2. The summed E-state index contributed by atoms with van der Waals surface area (Å²) in [5.41, 5.74) is 1.91. The van der Waals surface area contributed by atoms with E-state index in [0.717, 1.165) is 25.7 Å². The molecular formula is C26H31ClN4O3. The minimum Gasteiger partial charge on any atom is -0.336 e. The molecule has 2 aliphatic rings. The SMILES string of the molecule is CC(=O)Nc1ccc(NC(=O)[C@H](C2CCCC2)N2CCN(C(=O)c3ccccc3Cl)CC2)cc1. The molecule has 0 aromatic heterocycles. The van der Waals surface area contributed by atoms with E-state index in [1.165, 1.54) is 6.92 Å². The number of anilines is 2. The Kier molecular flexibility index (Phi) is 7.85. The number of nitrogens with zero attached hydrogens (tertiary/aromatic N) is 2. The second-order valence-corrected chi connectivity index (χ2v) is 9.45. The van der Waals surface area contributed by atoms with Crippen LogP contribution in [0.4, 0.5) is 11.4 Å². The van der Waals surface area contributed by atoms with E-state index in [1.807, 2.05) is 17.0 Å². The van der Waals surface area contributed by atoms with Crippen LogP contribution in [0.3, 0.4) is 0 Å². The number of hydrogen-bond acceptors (Lipinski definition) is 4. The first-order valence-corrected chi connectivity index (χ1v) is 12.3. The summed E-state index contributed by atoms with van der Waals surface area (Å²) >= 11 is 6.23. The van der Waals surface area contributed by atoms with Gasteiger partial charge in [-0.3, -0.25) is 19.3 Å². The number of amides is 3. The first kappa shape index (κ1) is 24.2. The Hall–Kier alpha value is -2.90. The first-order valence-electron chi connectivity index (χ1n) is 11.9. The van der Waals surface area contributed by atoms with Gasteiger partial charge in [0.2, 0.25) is 11.8 Å². The Balaban J connectivity index is 1.41. The fraction of sp³-hybridized carbons (Fsp3) is 0.423. The van der Waals surface area contributed by atoms with Gasteiger partial charge in [-0.05, 0) is 55.2 Å². The monoisotopic (exact) mass is 482 g/mol. The van der Waals surface area contributed by atoms with E-state index in [9.17, 15) is 14.4 Å². The molecule has 34 heavy (non-hydrogen) atoms. The molecule has 7 nitrogen and oxygen atoms in total. The number of halogens is 1. The van der Waals surface area contributed by atoms with Crippen LogP contribution in [0.2, 0.25) is 5.02 Å². The van der Waals surface area contributed by atoms with E-state index < -0.39 is 0 Å². The molecule has 8 heteroatoms. The summed E-state index contributed by atoms with van der Waals surface area (Å²) in [6.07, 6.45) is 4.37. The van der Waals surface area contributed by atoms with Gasteiger partial charge in [0.1, 0.15) is 0 Å². The number of benzene rings is 2. The molecule has 2 aromatic carbocycles. The second-order valence-electron chi connectivity index (χ2n) is 9.05. The molecule has 1 aliphatic heterocycles. The van der Waals surface area contributed by atoms with E-state index in [-0.39, 0.29) is 23.8 Å². The molecule has 2 fully saturated rings. The lowest BCUT2D eigenvalue weighted by Gasteiger charge is -2.40. The normalized spacial score (nSPS) is 17.9. The second kappa shape index (κ2) is 11.0. The van der Waals surface area contributed by atoms with Crippen LogP contribution in [0.1, 0.15) is 43.0 Å². The zero-order valence-electron chi connectivity index (χ0n) is 19.4. The summed E-state index contributed by atoms with van der Waals surface area (Å²) in [7, 11) is 0. The number of piperazine rings is 1. The average Bonchev–Trinajstić information content (AvgIpc) is 3.35. The molecule has 0 radical (unpaired) electrons. The molecule has 3 amide bonds. The molecular weight excluding hydrogens is 452 g/mol. The van der Waals surface area contributed by atoms with Crippen molar-refractivity contribution in [3.05, 3.63) is 59.1 Å². The van der Waals surface area contributed by atoms with Gasteiger partial charge in [-0.1, -0.05) is 36.6 Å². The van der Waals surface area contributed by atoms with Gasteiger partial charge in [0.05, 0.1) is 16.6 Å². The summed E-state index contributed by atoms with van der Waals surface area (Å²) in [6, 6.07) is 14.0. The molecule has 0 bridgehead atoms. The van der Waals surface area contributed by atoms with E-state index in [2.05, 4.69) is 15.5 Å². The standard InChI is InChI=1S/C26H31ClN4O3/c1-18(32)28-20-10-12-21(13-11-20)29-25(33)24(19-6-2-3-7-19)30-14-16-31(17-15-30)26(34)22-8-4-5-9-23(22)27/h4-5,8-13,19,24H,2-3,6-7,14-17H2,1H3,(H,28,32)(H,29,33)/t24-/m0/s1. The number of carbonyl (C=O) groups is 3. The predicted molar refractivity (Wildman–Crippen MR) is 134 cm³/mol. The lowest BCUT2D eigenvalue weighted by molar-refractivity contribution is -0.124. The summed E-state index contributed by atoms with van der Waals surface area (Å²) in [5.74, 6) is 0.103. The van der Waals surface area contributed by atoms with Gasteiger partial charge in [0.25, 0.3) is 5.91 Å². The van der Waals surface area contributed by atoms with Gasteiger partial charge in [-0.15, -0.1) is 0 Å². The molecule has 0 unspecified atom stereocenters. The highest BCUT2D eigenvalue weighted by Crippen LogP contribution is 2.32. The van der Waals surface area contributed by atoms with Crippen LogP contribution in [-0.4, -0.2) is 59.7 Å². The average molecular weight is 483 g/mol. The van der Waals surface area contributed by atoms with Gasteiger partial charge in [0.15, 0.2) is 0 Å². The Bertz CT molecular complexity index is 1030. The molecule has 0 spiro atoms. The number of carbonyl (C=O) groups excluding carboxylic acids is 3. The highest BCUT2D eigenvalue weighted by atomic mass is 35.5. The summed E-state index contributed by atoms with van der Waals surface area (Å²) < 4.78 is 0. The lowest BCUT2D eigenvalue weighted by Crippen LogP contribution is -2.57. The molecule has 1 aliphatic carbocycles. The van der Waals surface area contributed by atoms with Crippen molar-refractivity contribution < 1.29 is 14.4 Å². The quantitative estimate of drug-likeness (QED) is 0.644. The van der Waals surface area contributed by atoms with Crippen LogP contribution in [0.5, 0.6) is 0 Å². The summed E-state index contributed by atoms with van der Waals surface area (Å²) in [6.45, 7) is 3.88. The highest BCUT2D eigenvalue weighted by Gasteiger charge is 2.37. The van der Waals surface area contributed by atoms with Crippen LogP contribution in [0, 0.1) is 5.92 Å². The van der Waals surface area contributed by atoms with E-state index in [4.69, 9.17) is 11.6 Å². The molecule has 1 saturated carbocycles. The van der Waals surface area contributed by atoms with Gasteiger partial charge >= 0.3 is 0 Å². The molecule has 1 heterocycles. The van der Waals surface area contributed by atoms with Crippen molar-refractivity contribution in [1.82, 2.24) is 9.80 Å². The third-order valence-corrected chi connectivity index (χ3v) is 7.02. The number of rotatable bonds is 6. The van der Waals surface area contributed by atoms with Gasteiger partial charge < -0.3 is 15.5 Å². The van der Waals surface area contributed by atoms with Crippen molar-refractivity contribution in [2.24, 2.45) is 5.92 Å². The van der Waals surface area contributed by atoms with Crippen molar-refractivity contribution in [2.75, 3.05) is 36.8 Å². The minimum atomic E-state index is -0.227. The van der Waals surface area contributed by atoms with Crippen LogP contribution < -0.4 is 10.6 Å². The molecule has 2 N–H and O–H groups in total. The Morgan fingerprint density at radius 3 is 2.06 bits per heavy atom. The maximum absolute atomic E-state index is 13.4. The van der Waals surface area contributed by atoms with Crippen LogP contribution in [0.25, 0.3) is 0 Å². The fourth-order valence-corrected chi connectivity index (χ4v) is 5.23. The van der Waals surface area contributed by atoms with Crippen molar-refractivity contribution in [3.8, 4) is 0 Å². The van der Waals surface area contributed by atoms with Crippen molar-refractivity contribution in [2.45, 2.75) is 38.6 Å². The van der Waals surface area contributed by atoms with Gasteiger partial charge in [0, 0.05) is 44.5 Å². The molecule has 180 valence electrons. The molecule has 1 atom stereocenters. The van der Waals surface area contributed by atoms with Crippen LogP contribution in [-0.2, 0) is 9.59 Å². The van der Waals surface area contributed by atoms with E-state index >= 15 is 0 Å². The zero-order chi connectivity index (χ0) is 24.1. The van der Waals surface area contributed by atoms with Gasteiger partial charge in [-0.2, -0.15) is 0 Å². The fourth-order valence-electron chi connectivity index (χ4n) is 5.02. The molecule has 2 aromatic rings. The number of nitrogens with one attached hydrogen (secondary N) is 2. The van der Waals surface area contributed by atoms with Crippen molar-refractivity contribution in [3.63, 3.8) is 0 Å². The Labute approximate surface area is 205 Å². The largest absolute Gasteiger partial charge is 0.336 e. The third-order valence-electron chi connectivity index (χ3n) is 6.69.